The lowest BCUT2D eigenvalue weighted by atomic mass is 9.85. The lowest BCUT2D eigenvalue weighted by molar-refractivity contribution is -0.143. The molecular weight excluding hydrogens is 741 g/mol. The Hall–Kier alpha value is -4.47. The highest BCUT2D eigenvalue weighted by molar-refractivity contribution is 7.91. The molecule has 3 saturated carbocycles. The zero-order valence-corrected chi connectivity index (χ0v) is 33.5. The second kappa shape index (κ2) is 15.5. The Kier molecular flexibility index (Phi) is 11.0. The van der Waals surface area contributed by atoms with Crippen LogP contribution in [0.25, 0.3) is 11.0 Å². The zero-order chi connectivity index (χ0) is 40.0. The molecule has 1 aromatic carbocycles. The molecule has 7 atom stereocenters. The van der Waals surface area contributed by atoms with E-state index in [2.05, 4.69) is 21.9 Å². The van der Waals surface area contributed by atoms with Crippen LogP contribution in [0, 0.1) is 17.3 Å². The van der Waals surface area contributed by atoms with Gasteiger partial charge in [0.05, 0.1) is 29.9 Å². The van der Waals surface area contributed by atoms with E-state index in [0.717, 1.165) is 44.9 Å². The number of carbonyl (C=O) groups excluding carboxylic acids is 4. The predicted molar refractivity (Wildman–Crippen MR) is 206 cm³/mol. The van der Waals surface area contributed by atoms with Crippen molar-refractivity contribution in [3.63, 3.8) is 0 Å². The van der Waals surface area contributed by atoms with Crippen LogP contribution in [0.1, 0.15) is 97.1 Å². The number of carbonyl (C=O) groups is 4. The molecule has 7 rings (SSSR count). The average Bonchev–Trinajstić information content (AvgIpc) is 4.04. The van der Waals surface area contributed by atoms with Crippen molar-refractivity contribution in [2.75, 3.05) is 13.7 Å². The molecular formula is C40H54N6O9S. The number of nitrogens with one attached hydrogen (secondary N) is 3. The third-order valence-electron chi connectivity index (χ3n) is 12.0. The first-order chi connectivity index (χ1) is 26.6. The van der Waals surface area contributed by atoms with Crippen LogP contribution in [0.3, 0.4) is 0 Å². The monoisotopic (exact) mass is 794 g/mol. The second-order valence-electron chi connectivity index (χ2n) is 17.2. The minimum Gasteiger partial charge on any atom is -0.497 e. The van der Waals surface area contributed by atoms with Gasteiger partial charge in [-0.15, -0.1) is 6.58 Å². The van der Waals surface area contributed by atoms with Gasteiger partial charge in [-0.2, -0.15) is 0 Å². The normalized spacial score (nSPS) is 30.0. The van der Waals surface area contributed by atoms with E-state index >= 15 is 0 Å². The highest BCUT2D eigenvalue weighted by atomic mass is 32.2. The quantitative estimate of drug-likeness (QED) is 0.342. The van der Waals surface area contributed by atoms with Gasteiger partial charge in [-0.25, -0.2) is 23.2 Å². The molecule has 1 unspecified atom stereocenters. The molecule has 56 heavy (non-hydrogen) atoms. The Morgan fingerprint density at radius 1 is 1.04 bits per heavy atom. The Morgan fingerprint density at radius 2 is 1.80 bits per heavy atom. The molecule has 4 fully saturated rings. The number of ether oxygens (including phenoxy) is 3. The van der Waals surface area contributed by atoms with Crippen molar-refractivity contribution in [3.05, 3.63) is 36.5 Å². The van der Waals surface area contributed by atoms with Gasteiger partial charge in [0.2, 0.25) is 27.7 Å². The molecule has 0 radical (unpaired) electrons. The SMILES string of the molecule is C=C[C@@H]1C[C@]1(NC(=O)[C@@H]1C[C@@H]2CN1C(=O)[C@H](C(C)(C)C)NC(=O)OC1CCC[C@H]1CCCCCc1nc3ccc(OC)cc3nc1O2)C(=O)NS(=O)(=O)C1CC1. The highest BCUT2D eigenvalue weighted by Gasteiger charge is 2.62. The summed E-state index contributed by atoms with van der Waals surface area (Å²) in [6.45, 7) is 9.23. The molecule has 3 heterocycles. The molecule has 3 N–H and O–H groups in total. The summed E-state index contributed by atoms with van der Waals surface area (Å²) in [5, 5.41) is 5.03. The molecule has 0 spiro atoms. The van der Waals surface area contributed by atoms with Crippen LogP contribution >= 0.6 is 0 Å². The van der Waals surface area contributed by atoms with Gasteiger partial charge < -0.3 is 29.7 Å². The van der Waals surface area contributed by atoms with E-state index in [1.165, 1.54) is 11.0 Å². The van der Waals surface area contributed by atoms with Gasteiger partial charge in [-0.05, 0) is 81.3 Å². The van der Waals surface area contributed by atoms with Crippen molar-refractivity contribution in [3.8, 4) is 11.6 Å². The summed E-state index contributed by atoms with van der Waals surface area (Å²) in [5.74, 6) is -1.42. The van der Waals surface area contributed by atoms with Crippen LogP contribution < -0.4 is 24.8 Å². The van der Waals surface area contributed by atoms with Crippen molar-refractivity contribution in [1.82, 2.24) is 30.2 Å². The number of hydrogen-bond donors (Lipinski definition) is 3. The largest absolute Gasteiger partial charge is 0.497 e. The van der Waals surface area contributed by atoms with Crippen LogP contribution in [0.4, 0.5) is 4.79 Å². The van der Waals surface area contributed by atoms with Gasteiger partial charge in [0.1, 0.15) is 41.3 Å². The Labute approximate surface area is 328 Å². The van der Waals surface area contributed by atoms with E-state index in [1.54, 1.807) is 13.2 Å². The van der Waals surface area contributed by atoms with Gasteiger partial charge in [0.25, 0.3) is 5.91 Å². The number of aromatic nitrogens is 2. The summed E-state index contributed by atoms with van der Waals surface area (Å²) < 4.78 is 45.7. The fraction of sp³-hybridized carbons (Fsp3) is 0.650. The van der Waals surface area contributed by atoms with Crippen LogP contribution in [0.15, 0.2) is 30.9 Å². The number of aryl methyl sites for hydroxylation is 1. The third kappa shape index (κ3) is 8.30. The lowest BCUT2D eigenvalue weighted by Crippen LogP contribution is -2.60. The van der Waals surface area contributed by atoms with E-state index in [0.29, 0.717) is 47.6 Å². The van der Waals surface area contributed by atoms with Crippen LogP contribution in [0.5, 0.6) is 11.6 Å². The number of sulfonamides is 1. The molecule has 16 heteroatoms. The first-order valence-corrected chi connectivity index (χ1v) is 21.5. The summed E-state index contributed by atoms with van der Waals surface area (Å²) >= 11 is 0. The van der Waals surface area contributed by atoms with E-state index < -0.39 is 74.1 Å². The second-order valence-corrected chi connectivity index (χ2v) is 19.1. The minimum absolute atomic E-state index is 0.0245. The van der Waals surface area contributed by atoms with Gasteiger partial charge >= 0.3 is 6.09 Å². The average molecular weight is 795 g/mol. The van der Waals surface area contributed by atoms with Gasteiger partial charge in [-0.3, -0.25) is 19.1 Å². The summed E-state index contributed by atoms with van der Waals surface area (Å²) in [7, 11) is -2.33. The summed E-state index contributed by atoms with van der Waals surface area (Å²) in [6, 6.07) is 3.21. The molecule has 2 aliphatic heterocycles. The number of alkyl carbamates (subject to hydrolysis) is 1. The van der Waals surface area contributed by atoms with Crippen LogP contribution in [-0.4, -0.2) is 95.8 Å². The molecule has 4 amide bonds. The molecule has 5 aliphatic rings. The highest BCUT2D eigenvalue weighted by Crippen LogP contribution is 2.46. The summed E-state index contributed by atoms with van der Waals surface area (Å²) in [5.41, 5.74) is -0.452. The van der Waals surface area contributed by atoms with Gasteiger partial charge in [-0.1, -0.05) is 39.7 Å². The van der Waals surface area contributed by atoms with Crippen LogP contribution in [0.2, 0.25) is 0 Å². The molecule has 15 nitrogen and oxygen atoms in total. The molecule has 2 bridgehead atoms. The summed E-state index contributed by atoms with van der Waals surface area (Å²) in [6.07, 6.45) is 7.81. The van der Waals surface area contributed by atoms with Crippen molar-refractivity contribution in [2.45, 2.75) is 133 Å². The third-order valence-corrected chi connectivity index (χ3v) is 13.8. The number of fused-ring (bicyclic) bond motifs is 5. The molecule has 1 aromatic heterocycles. The Balaban J connectivity index is 1.23. The first kappa shape index (κ1) is 39.8. The lowest BCUT2D eigenvalue weighted by Gasteiger charge is -2.35. The van der Waals surface area contributed by atoms with Crippen LogP contribution in [-0.2, 0) is 35.6 Å². The van der Waals surface area contributed by atoms with E-state index in [4.69, 9.17) is 24.2 Å². The van der Waals surface area contributed by atoms with Crippen molar-refractivity contribution < 1.29 is 41.8 Å². The number of rotatable bonds is 7. The van der Waals surface area contributed by atoms with Gasteiger partial charge in [0.15, 0.2) is 0 Å². The maximum atomic E-state index is 14.7. The van der Waals surface area contributed by atoms with Crippen molar-refractivity contribution >= 4 is 44.9 Å². The number of hydrogen-bond acceptors (Lipinski definition) is 11. The minimum atomic E-state index is -3.90. The smallest absolute Gasteiger partial charge is 0.408 e. The fourth-order valence-corrected chi connectivity index (χ4v) is 9.82. The maximum absolute atomic E-state index is 14.7. The summed E-state index contributed by atoms with van der Waals surface area (Å²) in [4.78, 5) is 67.4. The van der Waals surface area contributed by atoms with E-state index in [-0.39, 0.29) is 31.4 Å². The van der Waals surface area contributed by atoms with Gasteiger partial charge in [0, 0.05) is 18.4 Å². The molecule has 2 aromatic rings. The number of methoxy groups -OCH3 is 1. The molecule has 1 saturated heterocycles. The maximum Gasteiger partial charge on any atom is 0.408 e. The predicted octanol–water partition coefficient (Wildman–Crippen LogP) is 4.08. The molecule has 304 valence electrons. The standard InChI is InChI=1S/C40H54N6O9S/c1-6-24-21-40(24,37(49)45-56(51,52)27-16-17-27)44-34(47)31-20-26-22-46(31)36(48)33(39(2,3)4)43-38(50)55-32-14-10-12-23(32)11-8-7-9-13-29-35(54-26)42-30-19-25(53-5)15-18-28(30)41-29/h6,15,18-19,23-24,26-27,31-33H,1,7-14,16-17,20-22H2,2-5H3,(H,43,50)(H,44,47)(H,45,49)/t23-,24-,26-,31+,32?,33-,40-/m1/s1. The van der Waals surface area contributed by atoms with Crippen molar-refractivity contribution in [1.29, 1.82) is 0 Å². The number of amides is 4. The number of nitrogens with zero attached hydrogens (tertiary/aromatic N) is 3. The number of benzene rings is 1. The van der Waals surface area contributed by atoms with Crippen molar-refractivity contribution in [2.24, 2.45) is 17.3 Å². The van der Waals surface area contributed by atoms with E-state index in [9.17, 15) is 27.6 Å². The Bertz CT molecular complexity index is 2000. The topological polar surface area (TPSA) is 195 Å². The molecule has 3 aliphatic carbocycles. The fourth-order valence-electron chi connectivity index (χ4n) is 8.46. The zero-order valence-electron chi connectivity index (χ0n) is 32.7. The van der Waals surface area contributed by atoms with E-state index in [1.807, 2.05) is 32.9 Å². The Morgan fingerprint density at radius 3 is 2.50 bits per heavy atom. The first-order valence-electron chi connectivity index (χ1n) is 19.9.